The van der Waals surface area contributed by atoms with Gasteiger partial charge in [-0.1, -0.05) is 38.2 Å². The average molecular weight is 274 g/mol. The number of fused-ring (bicyclic) bond motifs is 1. The van der Waals surface area contributed by atoms with Crippen LogP contribution in [0, 0.1) is 5.92 Å². The van der Waals surface area contributed by atoms with Crippen LogP contribution in [0.2, 0.25) is 0 Å². The molecule has 1 aromatic carbocycles. The van der Waals surface area contributed by atoms with Gasteiger partial charge < -0.3 is 9.84 Å². The molecule has 0 bridgehead atoms. The molecular formula is C18H26O2. The van der Waals surface area contributed by atoms with Crippen LogP contribution in [0.25, 0.3) is 0 Å². The van der Waals surface area contributed by atoms with Gasteiger partial charge in [0.2, 0.25) is 0 Å². The molecule has 0 amide bonds. The molecule has 1 fully saturated rings. The first kappa shape index (κ1) is 13.9. The van der Waals surface area contributed by atoms with E-state index in [1.54, 1.807) is 0 Å². The minimum atomic E-state index is -0.307. The third kappa shape index (κ3) is 3.17. The minimum absolute atomic E-state index is 0.277. The fourth-order valence-electron chi connectivity index (χ4n) is 3.69. The van der Waals surface area contributed by atoms with Crippen molar-refractivity contribution >= 4 is 0 Å². The van der Waals surface area contributed by atoms with Crippen LogP contribution in [-0.2, 0) is 6.42 Å². The Labute approximate surface area is 122 Å². The van der Waals surface area contributed by atoms with Gasteiger partial charge in [0, 0.05) is 6.42 Å². The van der Waals surface area contributed by atoms with Crippen LogP contribution in [0.15, 0.2) is 18.2 Å². The first-order chi connectivity index (χ1) is 9.72. The quantitative estimate of drug-likeness (QED) is 0.881. The lowest BCUT2D eigenvalue weighted by Crippen LogP contribution is -2.08. The van der Waals surface area contributed by atoms with Crippen molar-refractivity contribution in [2.45, 2.75) is 70.5 Å². The first-order valence-corrected chi connectivity index (χ1v) is 8.20. The Bertz CT molecular complexity index is 449. The van der Waals surface area contributed by atoms with E-state index in [9.17, 15) is 5.11 Å². The Morgan fingerprint density at radius 2 is 2.05 bits per heavy atom. The third-order valence-corrected chi connectivity index (χ3v) is 4.88. The topological polar surface area (TPSA) is 29.5 Å². The number of hydrogen-bond donors (Lipinski definition) is 1. The second-order valence-corrected chi connectivity index (χ2v) is 6.60. The Morgan fingerprint density at radius 3 is 2.85 bits per heavy atom. The zero-order chi connectivity index (χ0) is 13.9. The minimum Gasteiger partial charge on any atom is -0.490 e. The van der Waals surface area contributed by atoms with Crippen molar-refractivity contribution in [3.63, 3.8) is 0 Å². The molecule has 2 unspecified atom stereocenters. The summed E-state index contributed by atoms with van der Waals surface area (Å²) in [5, 5.41) is 10.4. The maximum absolute atomic E-state index is 10.4. The summed E-state index contributed by atoms with van der Waals surface area (Å²) in [6, 6.07) is 6.20. The fraction of sp³-hybridized carbons (Fsp3) is 0.667. The van der Waals surface area contributed by atoms with E-state index in [0.717, 1.165) is 30.1 Å². The Hall–Kier alpha value is -1.02. The molecule has 1 N–H and O–H groups in total. The molecule has 1 aliphatic heterocycles. The van der Waals surface area contributed by atoms with Crippen molar-refractivity contribution in [1.29, 1.82) is 0 Å². The SMILES string of the molecule is CC1Cc2cc(C(O)CCC3CCCCC3)ccc2O1. The molecule has 20 heavy (non-hydrogen) atoms. The van der Waals surface area contributed by atoms with Crippen LogP contribution in [0.5, 0.6) is 5.75 Å². The summed E-state index contributed by atoms with van der Waals surface area (Å²) in [4.78, 5) is 0. The second-order valence-electron chi connectivity index (χ2n) is 6.60. The molecule has 3 rings (SSSR count). The predicted molar refractivity (Wildman–Crippen MR) is 81.0 cm³/mol. The van der Waals surface area contributed by atoms with Gasteiger partial charge >= 0.3 is 0 Å². The molecule has 1 heterocycles. The molecule has 0 saturated heterocycles. The van der Waals surface area contributed by atoms with E-state index in [1.807, 2.05) is 12.1 Å². The number of aliphatic hydroxyl groups excluding tert-OH is 1. The van der Waals surface area contributed by atoms with Crippen molar-refractivity contribution in [1.82, 2.24) is 0 Å². The molecular weight excluding hydrogens is 248 g/mol. The van der Waals surface area contributed by atoms with E-state index >= 15 is 0 Å². The fourth-order valence-corrected chi connectivity index (χ4v) is 3.69. The highest BCUT2D eigenvalue weighted by atomic mass is 16.5. The third-order valence-electron chi connectivity index (χ3n) is 4.88. The Balaban J connectivity index is 1.57. The van der Waals surface area contributed by atoms with Gasteiger partial charge in [0.15, 0.2) is 0 Å². The molecule has 1 aliphatic carbocycles. The van der Waals surface area contributed by atoms with Gasteiger partial charge in [-0.15, -0.1) is 0 Å². The summed E-state index contributed by atoms with van der Waals surface area (Å²) in [7, 11) is 0. The standard InChI is InChI=1S/C18H26O2/c1-13-11-16-12-15(8-10-18(16)20-13)17(19)9-7-14-5-3-2-4-6-14/h8,10,12-14,17,19H,2-7,9,11H2,1H3. The highest BCUT2D eigenvalue weighted by molar-refractivity contribution is 5.41. The van der Waals surface area contributed by atoms with Crippen molar-refractivity contribution in [3.8, 4) is 5.75 Å². The van der Waals surface area contributed by atoms with Gasteiger partial charge in [-0.3, -0.25) is 0 Å². The molecule has 0 aromatic heterocycles. The van der Waals surface area contributed by atoms with Gasteiger partial charge in [-0.2, -0.15) is 0 Å². The van der Waals surface area contributed by atoms with Crippen LogP contribution in [0.3, 0.4) is 0 Å². The predicted octanol–water partition coefficient (Wildman–Crippen LogP) is 4.40. The van der Waals surface area contributed by atoms with E-state index < -0.39 is 0 Å². The number of ether oxygens (including phenoxy) is 1. The molecule has 0 spiro atoms. The van der Waals surface area contributed by atoms with Gasteiger partial charge in [0.05, 0.1) is 6.10 Å². The summed E-state index contributed by atoms with van der Waals surface area (Å²) in [5.74, 6) is 1.84. The summed E-state index contributed by atoms with van der Waals surface area (Å²) in [6.07, 6.45) is 9.91. The summed E-state index contributed by atoms with van der Waals surface area (Å²) in [5.41, 5.74) is 2.32. The molecule has 2 heteroatoms. The van der Waals surface area contributed by atoms with Gasteiger partial charge in [-0.05, 0) is 48.9 Å². The lowest BCUT2D eigenvalue weighted by Gasteiger charge is -2.22. The van der Waals surface area contributed by atoms with Crippen molar-refractivity contribution in [2.24, 2.45) is 5.92 Å². The van der Waals surface area contributed by atoms with Crippen LogP contribution < -0.4 is 4.74 Å². The molecule has 2 aliphatic rings. The Morgan fingerprint density at radius 1 is 1.25 bits per heavy atom. The van der Waals surface area contributed by atoms with Gasteiger partial charge in [0.1, 0.15) is 11.9 Å². The van der Waals surface area contributed by atoms with Gasteiger partial charge in [-0.25, -0.2) is 0 Å². The maximum Gasteiger partial charge on any atom is 0.123 e. The van der Waals surface area contributed by atoms with Crippen LogP contribution in [0.1, 0.15) is 69.1 Å². The number of rotatable bonds is 4. The van der Waals surface area contributed by atoms with Crippen molar-refractivity contribution in [3.05, 3.63) is 29.3 Å². The molecule has 1 saturated carbocycles. The van der Waals surface area contributed by atoms with Crippen LogP contribution in [-0.4, -0.2) is 11.2 Å². The molecule has 1 aromatic rings. The average Bonchev–Trinajstić information content (AvgIpc) is 2.85. The number of benzene rings is 1. The van der Waals surface area contributed by atoms with Crippen LogP contribution in [0.4, 0.5) is 0 Å². The highest BCUT2D eigenvalue weighted by Gasteiger charge is 2.21. The second kappa shape index (κ2) is 6.17. The lowest BCUT2D eigenvalue weighted by atomic mass is 9.85. The number of hydrogen-bond acceptors (Lipinski definition) is 2. The Kier molecular flexibility index (Phi) is 4.30. The molecule has 2 nitrogen and oxygen atoms in total. The molecule has 110 valence electrons. The lowest BCUT2D eigenvalue weighted by molar-refractivity contribution is 0.151. The van der Waals surface area contributed by atoms with E-state index in [4.69, 9.17) is 4.74 Å². The van der Waals surface area contributed by atoms with E-state index in [1.165, 1.54) is 44.1 Å². The molecule has 2 atom stereocenters. The first-order valence-electron chi connectivity index (χ1n) is 8.20. The summed E-state index contributed by atoms with van der Waals surface area (Å²) >= 11 is 0. The smallest absolute Gasteiger partial charge is 0.123 e. The zero-order valence-corrected chi connectivity index (χ0v) is 12.5. The van der Waals surface area contributed by atoms with Crippen molar-refractivity contribution in [2.75, 3.05) is 0 Å². The van der Waals surface area contributed by atoms with E-state index in [-0.39, 0.29) is 12.2 Å². The molecule has 0 radical (unpaired) electrons. The highest BCUT2D eigenvalue weighted by Crippen LogP contribution is 2.34. The number of aliphatic hydroxyl groups is 1. The monoisotopic (exact) mass is 274 g/mol. The summed E-state index contributed by atoms with van der Waals surface area (Å²) in [6.45, 7) is 2.10. The maximum atomic E-state index is 10.4. The normalized spacial score (nSPS) is 24.2. The largest absolute Gasteiger partial charge is 0.490 e. The van der Waals surface area contributed by atoms with E-state index in [2.05, 4.69) is 13.0 Å². The van der Waals surface area contributed by atoms with E-state index in [0.29, 0.717) is 0 Å². The summed E-state index contributed by atoms with van der Waals surface area (Å²) < 4.78 is 5.72. The van der Waals surface area contributed by atoms with Crippen LogP contribution >= 0.6 is 0 Å². The zero-order valence-electron chi connectivity index (χ0n) is 12.5. The van der Waals surface area contributed by atoms with Crippen molar-refractivity contribution < 1.29 is 9.84 Å². The van der Waals surface area contributed by atoms with Gasteiger partial charge in [0.25, 0.3) is 0 Å².